The third-order valence-corrected chi connectivity index (χ3v) is 10.3. The standard InChI is InChI=1S/C50H34N2/c1-3-11-35(12-4-1)36-23-25-37(26-24-36)38-29-31-44(32-30-38)51(43-17-5-2-6-18-43)45-19-7-15-41(33-45)42-16-8-20-46(34-42)52-47-21-9-13-39-27-28-40-14-10-22-48(52)50(40)49(39)47/h1-34H. The van der Waals surface area contributed by atoms with E-state index in [9.17, 15) is 0 Å². The van der Waals surface area contributed by atoms with Crippen LogP contribution in [0.5, 0.6) is 0 Å². The second-order valence-electron chi connectivity index (χ2n) is 13.4. The molecule has 9 aromatic carbocycles. The summed E-state index contributed by atoms with van der Waals surface area (Å²) in [6, 6.07) is 74.5. The molecule has 244 valence electrons. The summed E-state index contributed by atoms with van der Waals surface area (Å²) in [7, 11) is 0. The summed E-state index contributed by atoms with van der Waals surface area (Å²) in [5, 5.41) is 5.21. The molecular weight excluding hydrogens is 629 g/mol. The SMILES string of the molecule is c1ccc(-c2ccc(-c3ccc(N(c4ccccc4)c4cccc(-c5cccc(-n6c7cccc8ccc9cccc6c9c87)c5)c4)cc3)cc2)cc1. The van der Waals surface area contributed by atoms with Crippen LogP contribution in [0.25, 0.3) is 71.6 Å². The van der Waals surface area contributed by atoms with Gasteiger partial charge in [-0.3, -0.25) is 0 Å². The van der Waals surface area contributed by atoms with Crippen molar-refractivity contribution < 1.29 is 0 Å². The van der Waals surface area contributed by atoms with Crippen LogP contribution >= 0.6 is 0 Å². The highest BCUT2D eigenvalue weighted by Gasteiger charge is 2.17. The monoisotopic (exact) mass is 662 g/mol. The minimum atomic E-state index is 1.11. The van der Waals surface area contributed by atoms with Gasteiger partial charge in [-0.15, -0.1) is 0 Å². The molecule has 2 heteroatoms. The molecule has 0 N–H and O–H groups in total. The zero-order valence-corrected chi connectivity index (χ0v) is 28.5. The Labute approximate surface area is 303 Å². The molecule has 2 nitrogen and oxygen atoms in total. The first-order chi connectivity index (χ1) is 25.8. The molecule has 0 amide bonds. The Kier molecular flexibility index (Phi) is 7.18. The number of benzene rings is 9. The third-order valence-electron chi connectivity index (χ3n) is 10.3. The van der Waals surface area contributed by atoms with Gasteiger partial charge in [0, 0.05) is 33.5 Å². The van der Waals surface area contributed by atoms with E-state index < -0.39 is 0 Å². The number of hydrogen-bond acceptors (Lipinski definition) is 1. The normalized spacial score (nSPS) is 11.5. The van der Waals surface area contributed by atoms with Gasteiger partial charge in [-0.25, -0.2) is 0 Å². The molecule has 0 aliphatic carbocycles. The first-order valence-corrected chi connectivity index (χ1v) is 17.8. The fraction of sp³-hybridized carbons (Fsp3) is 0. The molecular formula is C50H34N2. The molecule has 0 radical (unpaired) electrons. The van der Waals surface area contributed by atoms with Crippen molar-refractivity contribution in [2.24, 2.45) is 0 Å². The molecule has 0 aliphatic rings. The van der Waals surface area contributed by atoms with Crippen molar-refractivity contribution in [1.29, 1.82) is 0 Å². The number of para-hydroxylation sites is 1. The lowest BCUT2D eigenvalue weighted by molar-refractivity contribution is 1.18. The van der Waals surface area contributed by atoms with Gasteiger partial charge in [0.2, 0.25) is 0 Å². The quantitative estimate of drug-likeness (QED) is 0.154. The number of hydrogen-bond donors (Lipinski definition) is 0. The van der Waals surface area contributed by atoms with Gasteiger partial charge < -0.3 is 9.47 Å². The fourth-order valence-corrected chi connectivity index (χ4v) is 7.86. The second-order valence-corrected chi connectivity index (χ2v) is 13.4. The van der Waals surface area contributed by atoms with Gasteiger partial charge in [0.05, 0.1) is 11.0 Å². The van der Waals surface area contributed by atoms with Crippen LogP contribution in [0.15, 0.2) is 206 Å². The summed E-state index contributed by atoms with van der Waals surface area (Å²) in [6.07, 6.45) is 0. The summed E-state index contributed by atoms with van der Waals surface area (Å²) in [5.41, 5.74) is 14.2. The predicted octanol–water partition coefficient (Wildman–Crippen LogP) is 13.8. The number of nitrogens with zero attached hydrogens (tertiary/aromatic N) is 2. The van der Waals surface area contributed by atoms with Crippen LogP contribution < -0.4 is 4.90 Å². The molecule has 0 bridgehead atoms. The Bertz CT molecular complexity index is 2750. The summed E-state index contributed by atoms with van der Waals surface area (Å²) in [4.78, 5) is 2.34. The van der Waals surface area contributed by atoms with E-state index in [-0.39, 0.29) is 0 Å². The molecule has 0 aliphatic heterocycles. The first-order valence-electron chi connectivity index (χ1n) is 17.8. The number of aromatic nitrogens is 1. The van der Waals surface area contributed by atoms with Crippen molar-refractivity contribution in [3.63, 3.8) is 0 Å². The van der Waals surface area contributed by atoms with Crippen LogP contribution in [0, 0.1) is 0 Å². The average Bonchev–Trinajstić information content (AvgIpc) is 3.57. The van der Waals surface area contributed by atoms with Gasteiger partial charge in [-0.1, -0.05) is 146 Å². The van der Waals surface area contributed by atoms with Crippen molar-refractivity contribution in [1.82, 2.24) is 4.57 Å². The molecule has 0 saturated heterocycles. The molecule has 10 rings (SSSR count). The lowest BCUT2D eigenvalue weighted by atomic mass is 10.00. The topological polar surface area (TPSA) is 8.17 Å². The molecule has 0 atom stereocenters. The van der Waals surface area contributed by atoms with Crippen molar-refractivity contribution in [3.8, 4) is 39.1 Å². The number of anilines is 3. The Balaban J connectivity index is 1.02. The van der Waals surface area contributed by atoms with E-state index in [1.807, 2.05) is 0 Å². The Morgan fingerprint density at radius 2 is 0.731 bits per heavy atom. The summed E-state index contributed by atoms with van der Waals surface area (Å²) in [5.74, 6) is 0. The van der Waals surface area contributed by atoms with E-state index in [4.69, 9.17) is 0 Å². The van der Waals surface area contributed by atoms with Crippen molar-refractivity contribution in [2.45, 2.75) is 0 Å². The minimum Gasteiger partial charge on any atom is -0.310 e. The van der Waals surface area contributed by atoms with E-state index in [1.54, 1.807) is 0 Å². The molecule has 0 unspecified atom stereocenters. The molecule has 1 heterocycles. The molecule has 10 aromatic rings. The lowest BCUT2D eigenvalue weighted by Gasteiger charge is -2.26. The van der Waals surface area contributed by atoms with Crippen LogP contribution in [0.1, 0.15) is 0 Å². The molecule has 52 heavy (non-hydrogen) atoms. The second kappa shape index (κ2) is 12.5. The van der Waals surface area contributed by atoms with Crippen molar-refractivity contribution in [3.05, 3.63) is 206 Å². The minimum absolute atomic E-state index is 1.11. The van der Waals surface area contributed by atoms with Crippen LogP contribution in [-0.2, 0) is 0 Å². The van der Waals surface area contributed by atoms with Gasteiger partial charge in [0.25, 0.3) is 0 Å². The van der Waals surface area contributed by atoms with Crippen molar-refractivity contribution >= 4 is 49.6 Å². The molecule has 0 fully saturated rings. The zero-order chi connectivity index (χ0) is 34.4. The summed E-state index contributed by atoms with van der Waals surface area (Å²) < 4.78 is 2.42. The lowest BCUT2D eigenvalue weighted by Crippen LogP contribution is -2.09. The van der Waals surface area contributed by atoms with Crippen LogP contribution in [0.3, 0.4) is 0 Å². The maximum absolute atomic E-state index is 2.42. The molecule has 0 spiro atoms. The largest absolute Gasteiger partial charge is 0.310 e. The predicted molar refractivity (Wildman–Crippen MR) is 220 cm³/mol. The van der Waals surface area contributed by atoms with E-state index in [2.05, 4.69) is 216 Å². The Morgan fingerprint density at radius 3 is 1.35 bits per heavy atom. The van der Waals surface area contributed by atoms with E-state index in [0.29, 0.717) is 0 Å². The highest BCUT2D eigenvalue weighted by molar-refractivity contribution is 6.24. The van der Waals surface area contributed by atoms with E-state index in [0.717, 1.165) is 22.7 Å². The smallest absolute Gasteiger partial charge is 0.0547 e. The van der Waals surface area contributed by atoms with Crippen molar-refractivity contribution in [2.75, 3.05) is 4.90 Å². The summed E-state index contributed by atoms with van der Waals surface area (Å²) in [6.45, 7) is 0. The Morgan fingerprint density at radius 1 is 0.288 bits per heavy atom. The zero-order valence-electron chi connectivity index (χ0n) is 28.5. The van der Waals surface area contributed by atoms with Gasteiger partial charge >= 0.3 is 0 Å². The highest BCUT2D eigenvalue weighted by atomic mass is 15.1. The van der Waals surface area contributed by atoms with Crippen LogP contribution in [0.4, 0.5) is 17.1 Å². The summed E-state index contributed by atoms with van der Waals surface area (Å²) >= 11 is 0. The molecule has 1 aromatic heterocycles. The fourth-order valence-electron chi connectivity index (χ4n) is 7.86. The third kappa shape index (κ3) is 5.12. The number of rotatable bonds is 7. The van der Waals surface area contributed by atoms with E-state index in [1.165, 1.54) is 66.0 Å². The van der Waals surface area contributed by atoms with Crippen LogP contribution in [0.2, 0.25) is 0 Å². The Hall–Kier alpha value is -6.90. The maximum atomic E-state index is 2.42. The van der Waals surface area contributed by atoms with Crippen LogP contribution in [-0.4, -0.2) is 4.57 Å². The van der Waals surface area contributed by atoms with E-state index >= 15 is 0 Å². The average molecular weight is 663 g/mol. The molecule has 0 saturated carbocycles. The van der Waals surface area contributed by atoms with Gasteiger partial charge in [0.15, 0.2) is 0 Å². The first kappa shape index (κ1) is 30.0. The highest BCUT2D eigenvalue weighted by Crippen LogP contribution is 2.41. The van der Waals surface area contributed by atoms with Gasteiger partial charge in [0.1, 0.15) is 0 Å². The van der Waals surface area contributed by atoms with Gasteiger partial charge in [-0.2, -0.15) is 0 Å². The van der Waals surface area contributed by atoms with Gasteiger partial charge in [-0.05, 0) is 105 Å². The maximum Gasteiger partial charge on any atom is 0.0547 e.